The van der Waals surface area contributed by atoms with E-state index in [1.54, 1.807) is 33.2 Å². The number of aryl methyl sites for hydroxylation is 1. The Morgan fingerprint density at radius 3 is 2.77 bits per heavy atom. The van der Waals surface area contributed by atoms with Gasteiger partial charge in [-0.1, -0.05) is 12.1 Å². The molecule has 0 radical (unpaired) electrons. The number of nitrogens with zero attached hydrogens (tertiary/aromatic N) is 2. The fourth-order valence-corrected chi connectivity index (χ4v) is 2.45. The van der Waals surface area contributed by atoms with Crippen molar-refractivity contribution in [2.75, 3.05) is 40.4 Å². The van der Waals surface area contributed by atoms with Crippen LogP contribution >= 0.6 is 24.0 Å². The lowest BCUT2D eigenvalue weighted by atomic mass is 10.1. The van der Waals surface area contributed by atoms with Gasteiger partial charge >= 0.3 is 0 Å². The van der Waals surface area contributed by atoms with Gasteiger partial charge in [0.25, 0.3) is 0 Å². The van der Waals surface area contributed by atoms with Gasteiger partial charge in [-0.05, 0) is 30.5 Å². The molecule has 0 bridgehead atoms. The molecule has 1 aliphatic rings. The molecular formula is C18H28FIN4O2. The van der Waals surface area contributed by atoms with Gasteiger partial charge < -0.3 is 20.3 Å². The lowest BCUT2D eigenvalue weighted by Crippen LogP contribution is -2.44. The number of benzene rings is 1. The number of ether oxygens (including phenoxy) is 1. The number of hydrogen-bond acceptors (Lipinski definition) is 3. The van der Waals surface area contributed by atoms with Gasteiger partial charge in [0.2, 0.25) is 5.91 Å². The smallest absolute Gasteiger partial charge is 0.241 e. The van der Waals surface area contributed by atoms with E-state index in [-0.39, 0.29) is 42.2 Å². The Morgan fingerprint density at radius 2 is 2.15 bits per heavy atom. The third-order valence-electron chi connectivity index (χ3n) is 4.13. The highest BCUT2D eigenvalue weighted by molar-refractivity contribution is 14.0. The molecule has 6 nitrogen and oxygen atoms in total. The summed E-state index contributed by atoms with van der Waals surface area (Å²) >= 11 is 0. The molecule has 146 valence electrons. The SMILES string of the molecule is Cc1cc(CN=C(NCC(=O)N(C)C)NCC2CCOC2)ccc1F.I. The highest BCUT2D eigenvalue weighted by atomic mass is 127. The largest absolute Gasteiger partial charge is 0.381 e. The van der Waals surface area contributed by atoms with Crippen LogP contribution in [0.15, 0.2) is 23.2 Å². The van der Waals surface area contributed by atoms with Crippen molar-refractivity contribution in [3.63, 3.8) is 0 Å². The van der Waals surface area contributed by atoms with Crippen molar-refractivity contribution >= 4 is 35.8 Å². The maximum Gasteiger partial charge on any atom is 0.241 e. The second-order valence-corrected chi connectivity index (χ2v) is 6.50. The van der Waals surface area contributed by atoms with Gasteiger partial charge in [-0.25, -0.2) is 9.38 Å². The van der Waals surface area contributed by atoms with Gasteiger partial charge in [-0.15, -0.1) is 24.0 Å². The summed E-state index contributed by atoms with van der Waals surface area (Å²) in [4.78, 5) is 17.8. The van der Waals surface area contributed by atoms with E-state index in [1.165, 1.54) is 11.0 Å². The second kappa shape index (κ2) is 11.3. The van der Waals surface area contributed by atoms with Crippen molar-refractivity contribution in [2.24, 2.45) is 10.9 Å². The molecule has 1 fully saturated rings. The Balaban J connectivity index is 0.00000338. The summed E-state index contributed by atoms with van der Waals surface area (Å²) in [7, 11) is 3.43. The molecular weight excluding hydrogens is 450 g/mol. The third-order valence-corrected chi connectivity index (χ3v) is 4.13. The summed E-state index contributed by atoms with van der Waals surface area (Å²) in [5, 5.41) is 6.32. The molecule has 1 amide bonds. The van der Waals surface area contributed by atoms with Gasteiger partial charge in [0.1, 0.15) is 5.82 Å². The first-order chi connectivity index (χ1) is 12.0. The summed E-state index contributed by atoms with van der Waals surface area (Å²) in [5.41, 5.74) is 1.52. The number of aliphatic imine (C=N–C) groups is 1. The highest BCUT2D eigenvalue weighted by Gasteiger charge is 2.16. The van der Waals surface area contributed by atoms with Crippen LogP contribution in [-0.2, 0) is 16.1 Å². The predicted octanol–water partition coefficient (Wildman–Crippen LogP) is 1.91. The molecule has 26 heavy (non-hydrogen) atoms. The standard InChI is InChI=1S/C18H27FN4O2.HI/c1-13-8-14(4-5-16(13)19)9-20-18(22-11-17(24)23(2)3)21-10-15-6-7-25-12-15;/h4-5,8,15H,6-7,9-12H2,1-3H3,(H2,20,21,22);1H. The second-order valence-electron chi connectivity index (χ2n) is 6.50. The molecule has 1 atom stereocenters. The van der Waals surface area contributed by atoms with E-state index in [0.717, 1.165) is 31.7 Å². The van der Waals surface area contributed by atoms with Crippen molar-refractivity contribution < 1.29 is 13.9 Å². The first kappa shape index (κ1) is 22.6. The van der Waals surface area contributed by atoms with E-state index in [9.17, 15) is 9.18 Å². The van der Waals surface area contributed by atoms with Crippen molar-refractivity contribution in [1.82, 2.24) is 15.5 Å². The summed E-state index contributed by atoms with van der Waals surface area (Å²) < 4.78 is 18.7. The molecule has 2 rings (SSSR count). The van der Waals surface area contributed by atoms with Crippen LogP contribution in [0.4, 0.5) is 4.39 Å². The van der Waals surface area contributed by atoms with Crippen molar-refractivity contribution in [1.29, 1.82) is 0 Å². The predicted molar refractivity (Wildman–Crippen MR) is 111 cm³/mol. The van der Waals surface area contributed by atoms with Crippen LogP contribution in [-0.4, -0.2) is 57.2 Å². The number of guanidine groups is 1. The van der Waals surface area contributed by atoms with Crippen molar-refractivity contribution in [3.05, 3.63) is 35.1 Å². The van der Waals surface area contributed by atoms with Gasteiger partial charge in [0.15, 0.2) is 5.96 Å². The van der Waals surface area contributed by atoms with Crippen molar-refractivity contribution in [2.45, 2.75) is 19.9 Å². The van der Waals surface area contributed by atoms with Gasteiger partial charge in [0, 0.05) is 33.2 Å². The average Bonchev–Trinajstić information content (AvgIpc) is 3.10. The molecule has 0 aromatic heterocycles. The first-order valence-electron chi connectivity index (χ1n) is 8.51. The number of rotatable bonds is 6. The zero-order valence-electron chi connectivity index (χ0n) is 15.5. The Labute approximate surface area is 171 Å². The van der Waals surface area contributed by atoms with E-state index in [1.807, 2.05) is 0 Å². The Kier molecular flexibility index (Phi) is 9.85. The lowest BCUT2D eigenvalue weighted by molar-refractivity contribution is -0.127. The van der Waals surface area contributed by atoms with E-state index >= 15 is 0 Å². The normalized spacial score (nSPS) is 16.8. The molecule has 1 aromatic rings. The zero-order chi connectivity index (χ0) is 18.2. The number of nitrogens with one attached hydrogen (secondary N) is 2. The van der Waals surface area contributed by atoms with Crippen LogP contribution in [0.1, 0.15) is 17.5 Å². The van der Waals surface area contributed by atoms with E-state index in [0.29, 0.717) is 24.0 Å². The fraction of sp³-hybridized carbons (Fsp3) is 0.556. The lowest BCUT2D eigenvalue weighted by Gasteiger charge is -2.16. The fourth-order valence-electron chi connectivity index (χ4n) is 2.45. The highest BCUT2D eigenvalue weighted by Crippen LogP contribution is 2.11. The Bertz CT molecular complexity index is 619. The van der Waals surface area contributed by atoms with E-state index in [4.69, 9.17) is 4.74 Å². The summed E-state index contributed by atoms with van der Waals surface area (Å²) in [6.45, 7) is 4.59. The summed E-state index contributed by atoms with van der Waals surface area (Å²) in [5.74, 6) is 0.770. The minimum absolute atomic E-state index is 0. The molecule has 8 heteroatoms. The number of hydrogen-bond donors (Lipinski definition) is 2. The summed E-state index contributed by atoms with van der Waals surface area (Å²) in [6.07, 6.45) is 1.02. The molecule has 0 aliphatic carbocycles. The number of halogens is 2. The maximum absolute atomic E-state index is 13.4. The molecule has 1 saturated heterocycles. The Morgan fingerprint density at radius 1 is 1.38 bits per heavy atom. The van der Waals surface area contributed by atoms with Gasteiger partial charge in [0.05, 0.1) is 19.7 Å². The van der Waals surface area contributed by atoms with Crippen LogP contribution in [0.5, 0.6) is 0 Å². The number of likely N-dealkylation sites (N-methyl/N-ethyl adjacent to an activating group) is 1. The maximum atomic E-state index is 13.4. The van der Waals surface area contributed by atoms with Crippen LogP contribution in [0.2, 0.25) is 0 Å². The molecule has 1 heterocycles. The molecule has 1 aliphatic heterocycles. The third kappa shape index (κ3) is 7.45. The van der Waals surface area contributed by atoms with Crippen molar-refractivity contribution in [3.8, 4) is 0 Å². The molecule has 0 saturated carbocycles. The van der Waals surface area contributed by atoms with E-state index in [2.05, 4.69) is 15.6 Å². The molecule has 2 N–H and O–H groups in total. The Hall–Kier alpha value is -1.42. The molecule has 1 unspecified atom stereocenters. The minimum Gasteiger partial charge on any atom is -0.381 e. The molecule has 0 spiro atoms. The van der Waals surface area contributed by atoms with Crippen LogP contribution < -0.4 is 10.6 Å². The van der Waals surface area contributed by atoms with Gasteiger partial charge in [-0.2, -0.15) is 0 Å². The van der Waals surface area contributed by atoms with Gasteiger partial charge in [-0.3, -0.25) is 4.79 Å². The quantitative estimate of drug-likeness (QED) is 0.373. The monoisotopic (exact) mass is 478 g/mol. The first-order valence-corrected chi connectivity index (χ1v) is 8.51. The van der Waals surface area contributed by atoms with Crippen LogP contribution in [0, 0.1) is 18.7 Å². The topological polar surface area (TPSA) is 66.0 Å². The van der Waals surface area contributed by atoms with Crippen LogP contribution in [0.25, 0.3) is 0 Å². The number of carbonyl (C=O) groups is 1. The number of carbonyl (C=O) groups excluding carboxylic acids is 1. The minimum atomic E-state index is -0.220. The number of amides is 1. The average molecular weight is 478 g/mol. The molecule has 1 aromatic carbocycles. The zero-order valence-corrected chi connectivity index (χ0v) is 17.9. The van der Waals surface area contributed by atoms with Crippen LogP contribution in [0.3, 0.4) is 0 Å². The summed E-state index contributed by atoms with van der Waals surface area (Å²) in [6, 6.07) is 4.96. The van der Waals surface area contributed by atoms with E-state index < -0.39 is 0 Å².